The average Bonchev–Trinajstić information content (AvgIpc) is 2.49. The van der Waals surface area contributed by atoms with Crippen molar-refractivity contribution in [3.05, 3.63) is 29.8 Å². The molecule has 0 atom stereocenters. The summed E-state index contributed by atoms with van der Waals surface area (Å²) in [5.41, 5.74) is 0.887. The van der Waals surface area contributed by atoms with E-state index in [9.17, 15) is 9.59 Å². The predicted octanol–water partition coefficient (Wildman–Crippen LogP) is 4.02. The maximum atomic E-state index is 12.0. The van der Waals surface area contributed by atoms with E-state index >= 15 is 0 Å². The molecule has 0 aliphatic heterocycles. The van der Waals surface area contributed by atoms with Gasteiger partial charge in [0.05, 0.1) is 5.88 Å². The first-order valence-electron chi connectivity index (χ1n) is 7.51. The minimum absolute atomic E-state index is 0.0140. The highest BCUT2D eigenvalue weighted by atomic mass is 32.2. The first-order chi connectivity index (χ1) is 10.6. The van der Waals surface area contributed by atoms with Crippen LogP contribution < -0.4 is 10.1 Å². The van der Waals surface area contributed by atoms with Crippen molar-refractivity contribution in [3.8, 4) is 5.75 Å². The molecule has 2 amide bonds. The van der Waals surface area contributed by atoms with Crippen molar-refractivity contribution < 1.29 is 14.3 Å². The number of carbonyl (C=O) groups excluding carboxylic acids is 2. The molecule has 0 fully saturated rings. The molecule has 6 heteroatoms. The van der Waals surface area contributed by atoms with E-state index < -0.39 is 6.09 Å². The fourth-order valence-electron chi connectivity index (χ4n) is 1.89. The third-order valence-electron chi connectivity index (χ3n) is 2.95. The summed E-state index contributed by atoms with van der Waals surface area (Å²) < 4.78 is 5.19. The zero-order valence-corrected chi connectivity index (χ0v) is 14.2. The van der Waals surface area contributed by atoms with Crippen LogP contribution in [0.25, 0.3) is 0 Å². The number of nitrogens with one attached hydrogen (secondary N) is 1. The Kier molecular flexibility index (Phi) is 8.43. The Morgan fingerprint density at radius 1 is 1.18 bits per heavy atom. The van der Waals surface area contributed by atoms with Crippen molar-refractivity contribution in [2.75, 3.05) is 19.0 Å². The topological polar surface area (TPSA) is 58.6 Å². The summed E-state index contributed by atoms with van der Waals surface area (Å²) in [6, 6.07) is 7.29. The van der Waals surface area contributed by atoms with Gasteiger partial charge in [0.2, 0.25) is 0 Å². The Hall–Kier alpha value is -1.69. The van der Waals surface area contributed by atoms with Crippen LogP contribution in [0, 0.1) is 6.92 Å². The van der Waals surface area contributed by atoms with Gasteiger partial charge in [-0.1, -0.05) is 32.0 Å². The summed E-state index contributed by atoms with van der Waals surface area (Å²) in [5, 5.41) is 2.57. The molecule has 0 bridgehead atoms. The number of amides is 2. The van der Waals surface area contributed by atoms with Gasteiger partial charge in [0.15, 0.2) is 0 Å². The van der Waals surface area contributed by atoms with Crippen LogP contribution in [0.2, 0.25) is 0 Å². The van der Waals surface area contributed by atoms with Crippen molar-refractivity contribution in [1.82, 2.24) is 10.2 Å². The molecule has 0 saturated heterocycles. The van der Waals surface area contributed by atoms with E-state index in [1.807, 2.05) is 32.9 Å². The number of ether oxygens (including phenoxy) is 1. The van der Waals surface area contributed by atoms with Gasteiger partial charge in [-0.15, -0.1) is 0 Å². The van der Waals surface area contributed by atoms with E-state index in [0.717, 1.165) is 43.3 Å². The molecule has 1 N–H and O–H groups in total. The Labute approximate surface area is 136 Å². The highest BCUT2D eigenvalue weighted by molar-refractivity contribution is 8.13. The molecule has 0 radical (unpaired) electrons. The molecule has 1 aromatic rings. The Morgan fingerprint density at radius 2 is 1.82 bits per heavy atom. The van der Waals surface area contributed by atoms with Gasteiger partial charge in [-0.05, 0) is 43.2 Å². The number of nitrogens with zero attached hydrogens (tertiary/aromatic N) is 1. The van der Waals surface area contributed by atoms with Gasteiger partial charge in [-0.3, -0.25) is 4.79 Å². The number of hydrogen-bond donors (Lipinski definition) is 1. The molecule has 0 aliphatic carbocycles. The van der Waals surface area contributed by atoms with Gasteiger partial charge in [-0.2, -0.15) is 0 Å². The van der Waals surface area contributed by atoms with Crippen LogP contribution in [0.1, 0.15) is 32.3 Å². The molecule has 1 aromatic carbocycles. The van der Waals surface area contributed by atoms with Crippen LogP contribution in [0.3, 0.4) is 0 Å². The molecule has 0 saturated carbocycles. The number of thioether (sulfide) groups is 1. The molecule has 0 aromatic heterocycles. The highest BCUT2D eigenvalue weighted by Gasteiger charge is 2.13. The van der Waals surface area contributed by atoms with Crippen molar-refractivity contribution in [1.29, 1.82) is 0 Å². The van der Waals surface area contributed by atoms with Gasteiger partial charge >= 0.3 is 6.09 Å². The molecule has 22 heavy (non-hydrogen) atoms. The van der Waals surface area contributed by atoms with E-state index in [0.29, 0.717) is 5.75 Å². The second-order valence-corrected chi connectivity index (χ2v) is 5.80. The van der Waals surface area contributed by atoms with E-state index in [4.69, 9.17) is 4.74 Å². The van der Waals surface area contributed by atoms with Crippen LogP contribution in [-0.4, -0.2) is 35.2 Å². The molecular formula is C16H24N2O3S. The molecule has 0 heterocycles. The summed E-state index contributed by atoms with van der Waals surface area (Å²) in [5.74, 6) is 0.725. The van der Waals surface area contributed by atoms with Gasteiger partial charge in [-0.25, -0.2) is 4.79 Å². The zero-order chi connectivity index (χ0) is 16.4. The fourth-order valence-corrected chi connectivity index (χ4v) is 2.57. The summed E-state index contributed by atoms with van der Waals surface area (Å²) in [4.78, 5) is 25.5. The molecule has 0 spiro atoms. The molecule has 5 nitrogen and oxygen atoms in total. The summed E-state index contributed by atoms with van der Waals surface area (Å²) in [6.45, 7) is 7.44. The van der Waals surface area contributed by atoms with Crippen molar-refractivity contribution in [2.45, 2.75) is 33.6 Å². The molecular weight excluding hydrogens is 300 g/mol. The van der Waals surface area contributed by atoms with Crippen molar-refractivity contribution in [3.63, 3.8) is 0 Å². The third-order valence-corrected chi connectivity index (χ3v) is 3.75. The minimum Gasteiger partial charge on any atom is -0.410 e. The van der Waals surface area contributed by atoms with Crippen molar-refractivity contribution >= 4 is 23.1 Å². The first kappa shape index (κ1) is 18.4. The highest BCUT2D eigenvalue weighted by Crippen LogP contribution is 2.16. The standard InChI is InChI=1S/C16H24N2O3S/c1-4-10-18(11-5-2)16(20)22-12-17-15(19)21-14-9-7-6-8-13(14)3/h6-9H,4-5,10-12H2,1-3H3,(H,17,19). The van der Waals surface area contributed by atoms with Gasteiger partial charge < -0.3 is 15.0 Å². The van der Waals surface area contributed by atoms with E-state index in [1.165, 1.54) is 0 Å². The maximum Gasteiger partial charge on any atom is 0.413 e. The van der Waals surface area contributed by atoms with Crippen LogP contribution in [0.4, 0.5) is 9.59 Å². The lowest BCUT2D eigenvalue weighted by atomic mass is 10.2. The van der Waals surface area contributed by atoms with Crippen LogP contribution in [0.15, 0.2) is 24.3 Å². The van der Waals surface area contributed by atoms with E-state index in [1.54, 1.807) is 17.0 Å². The lowest BCUT2D eigenvalue weighted by Crippen LogP contribution is -2.32. The lowest BCUT2D eigenvalue weighted by Gasteiger charge is -2.20. The van der Waals surface area contributed by atoms with Crippen LogP contribution in [-0.2, 0) is 0 Å². The normalized spacial score (nSPS) is 10.1. The third kappa shape index (κ3) is 6.39. The molecule has 1 rings (SSSR count). The van der Waals surface area contributed by atoms with Gasteiger partial charge in [0.1, 0.15) is 5.75 Å². The van der Waals surface area contributed by atoms with E-state index in [-0.39, 0.29) is 11.1 Å². The summed E-state index contributed by atoms with van der Waals surface area (Å²) in [7, 11) is 0. The van der Waals surface area contributed by atoms with Crippen LogP contribution in [0.5, 0.6) is 5.75 Å². The Morgan fingerprint density at radius 3 is 2.41 bits per heavy atom. The van der Waals surface area contributed by atoms with E-state index in [2.05, 4.69) is 5.32 Å². The molecule has 0 aliphatic rings. The first-order valence-corrected chi connectivity index (χ1v) is 8.50. The predicted molar refractivity (Wildman–Crippen MR) is 90.3 cm³/mol. The second-order valence-electron chi connectivity index (χ2n) is 4.87. The minimum atomic E-state index is -0.549. The second kappa shape index (κ2) is 10.1. The Balaban J connectivity index is 2.35. The average molecular weight is 324 g/mol. The van der Waals surface area contributed by atoms with Gasteiger partial charge in [0.25, 0.3) is 5.24 Å². The Bertz CT molecular complexity index is 488. The number of aryl methyl sites for hydroxylation is 1. The summed E-state index contributed by atoms with van der Waals surface area (Å²) in [6.07, 6.45) is 1.30. The fraction of sp³-hybridized carbons (Fsp3) is 0.500. The lowest BCUT2D eigenvalue weighted by molar-refractivity contribution is 0.202. The number of hydrogen-bond acceptors (Lipinski definition) is 4. The molecule has 0 unspecified atom stereocenters. The monoisotopic (exact) mass is 324 g/mol. The number of rotatable bonds is 7. The number of benzene rings is 1. The summed E-state index contributed by atoms with van der Waals surface area (Å²) >= 11 is 1.08. The maximum absolute atomic E-state index is 12.0. The van der Waals surface area contributed by atoms with Crippen LogP contribution >= 0.6 is 11.8 Å². The SMILES string of the molecule is CCCN(CCC)C(=O)SCNC(=O)Oc1ccccc1C. The van der Waals surface area contributed by atoms with Crippen molar-refractivity contribution in [2.24, 2.45) is 0 Å². The number of carbonyl (C=O) groups is 2. The number of para-hydroxylation sites is 1. The zero-order valence-electron chi connectivity index (χ0n) is 13.4. The van der Waals surface area contributed by atoms with Gasteiger partial charge in [0, 0.05) is 13.1 Å². The smallest absolute Gasteiger partial charge is 0.410 e. The largest absolute Gasteiger partial charge is 0.413 e. The molecule has 122 valence electrons. The quantitative estimate of drug-likeness (QED) is 0.770.